The van der Waals surface area contributed by atoms with Crippen LogP contribution in [0.25, 0.3) is 0 Å². The first-order valence-electron chi connectivity index (χ1n) is 6.97. The van der Waals surface area contributed by atoms with Crippen molar-refractivity contribution >= 4 is 5.69 Å². The lowest BCUT2D eigenvalue weighted by molar-refractivity contribution is 0.476. The maximum absolute atomic E-state index is 13.7. The number of para-hydroxylation sites is 1. The predicted molar refractivity (Wildman–Crippen MR) is 74.4 cm³/mol. The van der Waals surface area contributed by atoms with Gasteiger partial charge in [-0.05, 0) is 43.5 Å². The molecule has 2 nitrogen and oxygen atoms in total. The monoisotopic (exact) mass is 268 g/mol. The fourth-order valence-electron chi connectivity index (χ4n) is 2.57. The Labute approximate surface area is 113 Å². The standard InChI is InChI=1S/C15H22F2N2/c1-11(2)8-18-9-12-6-7-19(10-12)15-13(16)4-3-5-14(15)17/h3-5,11-12,18H,6-10H2,1-2H3. The topological polar surface area (TPSA) is 15.3 Å². The van der Waals surface area contributed by atoms with Crippen LogP contribution in [-0.4, -0.2) is 26.2 Å². The van der Waals surface area contributed by atoms with E-state index in [4.69, 9.17) is 0 Å². The molecule has 1 saturated heterocycles. The van der Waals surface area contributed by atoms with Crippen molar-refractivity contribution in [3.05, 3.63) is 29.8 Å². The first-order chi connectivity index (χ1) is 9.08. The molecule has 1 unspecified atom stereocenters. The van der Waals surface area contributed by atoms with Gasteiger partial charge < -0.3 is 10.2 Å². The SMILES string of the molecule is CC(C)CNCC1CCN(c2c(F)cccc2F)C1. The van der Waals surface area contributed by atoms with Crippen LogP contribution in [0.1, 0.15) is 20.3 Å². The number of halogens is 2. The minimum Gasteiger partial charge on any atom is -0.366 e. The highest BCUT2D eigenvalue weighted by Crippen LogP contribution is 2.28. The largest absolute Gasteiger partial charge is 0.366 e. The summed E-state index contributed by atoms with van der Waals surface area (Å²) in [6, 6.07) is 4.05. The lowest BCUT2D eigenvalue weighted by atomic mass is 10.1. The van der Waals surface area contributed by atoms with Crippen molar-refractivity contribution < 1.29 is 8.78 Å². The molecule has 19 heavy (non-hydrogen) atoms. The Kier molecular flexibility index (Phi) is 4.75. The van der Waals surface area contributed by atoms with Gasteiger partial charge in [-0.3, -0.25) is 0 Å². The molecular weight excluding hydrogens is 246 g/mol. The summed E-state index contributed by atoms with van der Waals surface area (Å²) in [5.74, 6) is 0.172. The van der Waals surface area contributed by atoms with Crippen molar-refractivity contribution in [2.24, 2.45) is 11.8 Å². The van der Waals surface area contributed by atoms with Gasteiger partial charge in [0, 0.05) is 13.1 Å². The van der Waals surface area contributed by atoms with E-state index in [1.165, 1.54) is 18.2 Å². The van der Waals surface area contributed by atoms with E-state index < -0.39 is 11.6 Å². The zero-order valence-electron chi connectivity index (χ0n) is 11.6. The van der Waals surface area contributed by atoms with Gasteiger partial charge >= 0.3 is 0 Å². The summed E-state index contributed by atoms with van der Waals surface area (Å²) >= 11 is 0. The van der Waals surface area contributed by atoms with Crippen molar-refractivity contribution in [2.75, 3.05) is 31.1 Å². The second-order valence-electron chi connectivity index (χ2n) is 5.72. The summed E-state index contributed by atoms with van der Waals surface area (Å²) in [6.07, 6.45) is 0.985. The van der Waals surface area contributed by atoms with Gasteiger partial charge in [0.15, 0.2) is 0 Å². The molecule has 1 heterocycles. The number of nitrogens with zero attached hydrogens (tertiary/aromatic N) is 1. The third-order valence-corrected chi connectivity index (χ3v) is 3.53. The van der Waals surface area contributed by atoms with Gasteiger partial charge in [-0.1, -0.05) is 19.9 Å². The summed E-state index contributed by atoms with van der Waals surface area (Å²) in [6.45, 7) is 7.70. The molecule has 1 aromatic carbocycles. The van der Waals surface area contributed by atoms with Crippen LogP contribution in [0.2, 0.25) is 0 Å². The Morgan fingerprint density at radius 2 is 2.00 bits per heavy atom. The highest BCUT2D eigenvalue weighted by molar-refractivity contribution is 5.50. The van der Waals surface area contributed by atoms with Crippen molar-refractivity contribution in [1.82, 2.24) is 5.32 Å². The van der Waals surface area contributed by atoms with Crippen LogP contribution in [0.3, 0.4) is 0 Å². The number of benzene rings is 1. The van der Waals surface area contributed by atoms with E-state index in [1.54, 1.807) is 0 Å². The fraction of sp³-hybridized carbons (Fsp3) is 0.600. The molecule has 1 N–H and O–H groups in total. The molecule has 1 aliphatic rings. The third kappa shape index (κ3) is 3.66. The highest BCUT2D eigenvalue weighted by Gasteiger charge is 2.26. The maximum Gasteiger partial charge on any atom is 0.149 e. The van der Waals surface area contributed by atoms with Crippen LogP contribution in [0.15, 0.2) is 18.2 Å². The van der Waals surface area contributed by atoms with E-state index in [-0.39, 0.29) is 5.69 Å². The molecule has 0 amide bonds. The first-order valence-corrected chi connectivity index (χ1v) is 6.97. The predicted octanol–water partition coefficient (Wildman–Crippen LogP) is 3.04. The second kappa shape index (κ2) is 6.33. The molecule has 0 bridgehead atoms. The molecule has 1 aliphatic heterocycles. The number of rotatable bonds is 5. The van der Waals surface area contributed by atoms with Gasteiger partial charge in [-0.2, -0.15) is 0 Å². The number of hydrogen-bond donors (Lipinski definition) is 1. The van der Waals surface area contributed by atoms with Crippen molar-refractivity contribution in [3.63, 3.8) is 0 Å². The summed E-state index contributed by atoms with van der Waals surface area (Å²) in [4.78, 5) is 1.83. The summed E-state index contributed by atoms with van der Waals surface area (Å²) in [7, 11) is 0. The Morgan fingerprint density at radius 3 is 2.63 bits per heavy atom. The molecule has 0 spiro atoms. The minimum absolute atomic E-state index is 0.133. The van der Waals surface area contributed by atoms with E-state index in [1.807, 2.05) is 4.90 Å². The molecule has 106 valence electrons. The highest BCUT2D eigenvalue weighted by atomic mass is 19.1. The van der Waals surface area contributed by atoms with Crippen molar-refractivity contribution in [3.8, 4) is 0 Å². The van der Waals surface area contributed by atoms with Gasteiger partial charge in [-0.25, -0.2) is 8.78 Å². The Balaban J connectivity index is 1.91. The van der Waals surface area contributed by atoms with Crippen molar-refractivity contribution in [2.45, 2.75) is 20.3 Å². The Hall–Kier alpha value is -1.16. The van der Waals surface area contributed by atoms with Crippen LogP contribution >= 0.6 is 0 Å². The van der Waals surface area contributed by atoms with Gasteiger partial charge in [0.2, 0.25) is 0 Å². The van der Waals surface area contributed by atoms with Gasteiger partial charge in [-0.15, -0.1) is 0 Å². The van der Waals surface area contributed by atoms with Crippen molar-refractivity contribution in [1.29, 1.82) is 0 Å². The lowest BCUT2D eigenvalue weighted by Crippen LogP contribution is -2.29. The molecule has 4 heteroatoms. The third-order valence-electron chi connectivity index (χ3n) is 3.53. The molecule has 1 aromatic rings. The molecular formula is C15H22F2N2. The second-order valence-corrected chi connectivity index (χ2v) is 5.72. The summed E-state index contributed by atoms with van der Waals surface area (Å²) in [5.41, 5.74) is 0.133. The van der Waals surface area contributed by atoms with Crippen LogP contribution < -0.4 is 10.2 Å². The van der Waals surface area contributed by atoms with E-state index in [9.17, 15) is 8.78 Å². The van der Waals surface area contributed by atoms with Gasteiger partial charge in [0.05, 0.1) is 0 Å². The first kappa shape index (κ1) is 14.3. The number of anilines is 1. The van der Waals surface area contributed by atoms with Crippen LogP contribution in [0, 0.1) is 23.5 Å². The summed E-state index contributed by atoms with van der Waals surface area (Å²) < 4.78 is 27.4. The molecule has 1 fully saturated rings. The maximum atomic E-state index is 13.7. The zero-order valence-corrected chi connectivity index (χ0v) is 11.6. The minimum atomic E-state index is -0.462. The van der Waals surface area contributed by atoms with E-state index >= 15 is 0 Å². The number of nitrogens with one attached hydrogen (secondary N) is 1. The summed E-state index contributed by atoms with van der Waals surface area (Å²) in [5, 5.41) is 3.41. The smallest absolute Gasteiger partial charge is 0.149 e. The lowest BCUT2D eigenvalue weighted by Gasteiger charge is -2.20. The quantitative estimate of drug-likeness (QED) is 0.883. The van der Waals surface area contributed by atoms with E-state index in [0.717, 1.165) is 32.6 Å². The Morgan fingerprint density at radius 1 is 1.32 bits per heavy atom. The molecule has 0 saturated carbocycles. The van der Waals surface area contributed by atoms with Crippen LogP contribution in [0.5, 0.6) is 0 Å². The van der Waals surface area contributed by atoms with Crippen LogP contribution in [-0.2, 0) is 0 Å². The molecule has 0 aromatic heterocycles. The molecule has 0 aliphatic carbocycles. The molecule has 0 radical (unpaired) electrons. The van der Waals surface area contributed by atoms with Gasteiger partial charge in [0.25, 0.3) is 0 Å². The normalized spacial score (nSPS) is 19.4. The fourth-order valence-corrected chi connectivity index (χ4v) is 2.57. The van der Waals surface area contributed by atoms with Gasteiger partial charge in [0.1, 0.15) is 17.3 Å². The zero-order chi connectivity index (χ0) is 13.8. The average Bonchev–Trinajstić information content (AvgIpc) is 2.77. The Bertz CT molecular complexity index is 400. The molecule has 2 rings (SSSR count). The van der Waals surface area contributed by atoms with E-state index in [2.05, 4.69) is 19.2 Å². The van der Waals surface area contributed by atoms with E-state index in [0.29, 0.717) is 11.8 Å². The molecule has 1 atom stereocenters. The number of hydrogen-bond acceptors (Lipinski definition) is 2. The van der Waals surface area contributed by atoms with Crippen LogP contribution in [0.4, 0.5) is 14.5 Å². The average molecular weight is 268 g/mol.